The molecule has 1 N–H and O–H groups in total. The van der Waals surface area contributed by atoms with Crippen LogP contribution in [-0.2, 0) is 13.0 Å². The predicted molar refractivity (Wildman–Crippen MR) is 92.5 cm³/mol. The van der Waals surface area contributed by atoms with E-state index in [9.17, 15) is 4.79 Å². The zero-order valence-corrected chi connectivity index (χ0v) is 14.1. The fraction of sp³-hybridized carbons (Fsp3) is 0.235. The Morgan fingerprint density at radius 1 is 1.17 bits per heavy atom. The maximum absolute atomic E-state index is 12.3. The molecule has 0 bridgehead atoms. The molecule has 0 spiro atoms. The first-order chi connectivity index (χ1) is 11.8. The lowest BCUT2D eigenvalue weighted by Crippen LogP contribution is -2.23. The minimum absolute atomic E-state index is 0.125. The molecular formula is C17H17N5OS. The van der Waals surface area contributed by atoms with Crippen molar-refractivity contribution in [1.29, 1.82) is 0 Å². The molecule has 0 unspecified atom stereocenters. The minimum atomic E-state index is -0.125. The average molecular weight is 339 g/mol. The maximum Gasteiger partial charge on any atom is 0.251 e. The number of thiazole rings is 1. The summed E-state index contributed by atoms with van der Waals surface area (Å²) in [6.45, 7) is 2.46. The normalized spacial score (nSPS) is 10.5. The molecule has 3 aromatic heterocycles. The number of nitrogens with zero attached hydrogens (tertiary/aromatic N) is 4. The smallest absolute Gasteiger partial charge is 0.251 e. The molecule has 6 nitrogen and oxygen atoms in total. The molecule has 3 rings (SSSR count). The van der Waals surface area contributed by atoms with Crippen LogP contribution in [0.1, 0.15) is 35.1 Å². The lowest BCUT2D eigenvalue weighted by molar-refractivity contribution is 0.0950. The summed E-state index contributed by atoms with van der Waals surface area (Å²) in [6, 6.07) is 5.32. The summed E-state index contributed by atoms with van der Waals surface area (Å²) in [6.07, 6.45) is 6.91. The quantitative estimate of drug-likeness (QED) is 0.747. The highest BCUT2D eigenvalue weighted by Gasteiger charge is 2.10. The Hall–Kier alpha value is -2.67. The highest BCUT2D eigenvalue weighted by atomic mass is 32.1. The highest BCUT2D eigenvalue weighted by Crippen LogP contribution is 2.19. The number of hydrogen-bond acceptors (Lipinski definition) is 6. The second-order valence-corrected chi connectivity index (χ2v) is 6.04. The van der Waals surface area contributed by atoms with Crippen LogP contribution in [0.15, 0.2) is 42.2 Å². The van der Waals surface area contributed by atoms with Gasteiger partial charge in [-0.15, -0.1) is 11.3 Å². The van der Waals surface area contributed by atoms with E-state index in [-0.39, 0.29) is 5.91 Å². The van der Waals surface area contributed by atoms with Gasteiger partial charge in [-0.1, -0.05) is 13.3 Å². The fourth-order valence-corrected chi connectivity index (χ4v) is 2.95. The molecule has 0 aliphatic heterocycles. The largest absolute Gasteiger partial charge is 0.346 e. The molecule has 0 radical (unpaired) electrons. The summed E-state index contributed by atoms with van der Waals surface area (Å²) in [5.41, 5.74) is 2.34. The van der Waals surface area contributed by atoms with Gasteiger partial charge in [0.1, 0.15) is 0 Å². The van der Waals surface area contributed by atoms with Crippen LogP contribution >= 0.6 is 11.3 Å². The molecule has 0 aliphatic carbocycles. The summed E-state index contributed by atoms with van der Waals surface area (Å²) in [7, 11) is 0. The van der Waals surface area contributed by atoms with Crippen molar-refractivity contribution in [2.45, 2.75) is 26.3 Å². The number of nitrogens with one attached hydrogen (secondary N) is 1. The van der Waals surface area contributed by atoms with Crippen molar-refractivity contribution in [3.05, 3.63) is 59.1 Å². The molecule has 122 valence electrons. The number of aryl methyl sites for hydroxylation is 1. The molecule has 3 aromatic rings. The zero-order chi connectivity index (χ0) is 16.8. The Morgan fingerprint density at radius 3 is 2.79 bits per heavy atom. The highest BCUT2D eigenvalue weighted by molar-refractivity contribution is 7.13. The standard InChI is InChI=1S/C17H17N5OS/c1-2-4-13-9-12(5-8-18-13)16(23)21-10-14-11-24-17(22-14)15-19-6-3-7-20-15/h3,5-9,11H,2,4,10H2,1H3,(H,21,23). The van der Waals surface area contributed by atoms with Crippen molar-refractivity contribution in [2.75, 3.05) is 0 Å². The molecule has 0 fully saturated rings. The zero-order valence-electron chi connectivity index (χ0n) is 13.3. The first-order valence-electron chi connectivity index (χ1n) is 7.71. The predicted octanol–water partition coefficient (Wildman–Crippen LogP) is 2.88. The molecule has 7 heteroatoms. The Morgan fingerprint density at radius 2 is 2.00 bits per heavy atom. The summed E-state index contributed by atoms with van der Waals surface area (Å²) in [5.74, 6) is 0.471. The Kier molecular flexibility index (Phi) is 5.22. The van der Waals surface area contributed by atoms with Crippen LogP contribution in [0.3, 0.4) is 0 Å². The molecule has 0 aromatic carbocycles. The van der Waals surface area contributed by atoms with Crippen LogP contribution in [0, 0.1) is 0 Å². The maximum atomic E-state index is 12.3. The number of aromatic nitrogens is 4. The summed E-state index contributed by atoms with van der Waals surface area (Å²) in [4.78, 5) is 29.3. The second kappa shape index (κ2) is 7.74. The van der Waals surface area contributed by atoms with Gasteiger partial charge in [-0.3, -0.25) is 9.78 Å². The Labute approximate surface area is 144 Å². The van der Waals surface area contributed by atoms with E-state index in [2.05, 4.69) is 32.2 Å². The van der Waals surface area contributed by atoms with Gasteiger partial charge in [-0.05, 0) is 24.6 Å². The lowest BCUT2D eigenvalue weighted by atomic mass is 10.1. The molecule has 3 heterocycles. The summed E-state index contributed by atoms with van der Waals surface area (Å²) in [5, 5.41) is 5.53. The third kappa shape index (κ3) is 3.99. The number of carbonyl (C=O) groups excluding carboxylic acids is 1. The van der Waals surface area contributed by atoms with Crippen LogP contribution in [0.4, 0.5) is 0 Å². The third-order valence-corrected chi connectivity index (χ3v) is 4.21. The fourth-order valence-electron chi connectivity index (χ4n) is 2.19. The van der Waals surface area contributed by atoms with E-state index in [4.69, 9.17) is 0 Å². The molecule has 0 atom stereocenters. The SMILES string of the molecule is CCCc1cc(C(=O)NCc2csc(-c3ncccn3)n2)ccn1. The lowest BCUT2D eigenvalue weighted by Gasteiger charge is -2.05. The van der Waals surface area contributed by atoms with E-state index < -0.39 is 0 Å². The number of carbonyl (C=O) groups is 1. The van der Waals surface area contributed by atoms with Gasteiger partial charge in [0.05, 0.1) is 12.2 Å². The van der Waals surface area contributed by atoms with E-state index in [0.717, 1.165) is 29.2 Å². The van der Waals surface area contributed by atoms with Gasteiger partial charge in [-0.25, -0.2) is 15.0 Å². The van der Waals surface area contributed by atoms with Crippen molar-refractivity contribution >= 4 is 17.2 Å². The summed E-state index contributed by atoms with van der Waals surface area (Å²) < 4.78 is 0. The first-order valence-corrected chi connectivity index (χ1v) is 8.59. The van der Waals surface area contributed by atoms with E-state index in [1.54, 1.807) is 30.7 Å². The van der Waals surface area contributed by atoms with Gasteiger partial charge in [0, 0.05) is 35.2 Å². The number of amides is 1. The van der Waals surface area contributed by atoms with E-state index in [0.29, 0.717) is 17.9 Å². The van der Waals surface area contributed by atoms with Crippen LogP contribution in [-0.4, -0.2) is 25.8 Å². The van der Waals surface area contributed by atoms with E-state index in [1.165, 1.54) is 11.3 Å². The van der Waals surface area contributed by atoms with Crippen LogP contribution < -0.4 is 5.32 Å². The molecule has 0 saturated heterocycles. The van der Waals surface area contributed by atoms with Gasteiger partial charge in [0.25, 0.3) is 5.91 Å². The van der Waals surface area contributed by atoms with E-state index >= 15 is 0 Å². The molecular weight excluding hydrogens is 322 g/mol. The van der Waals surface area contributed by atoms with Crippen molar-refractivity contribution < 1.29 is 4.79 Å². The van der Waals surface area contributed by atoms with Crippen molar-refractivity contribution in [3.63, 3.8) is 0 Å². The van der Waals surface area contributed by atoms with Gasteiger partial charge >= 0.3 is 0 Å². The summed E-state index contributed by atoms with van der Waals surface area (Å²) >= 11 is 1.46. The van der Waals surface area contributed by atoms with Crippen LogP contribution in [0.5, 0.6) is 0 Å². The van der Waals surface area contributed by atoms with Gasteiger partial charge in [0.15, 0.2) is 10.8 Å². The Balaban J connectivity index is 1.62. The topological polar surface area (TPSA) is 80.7 Å². The Bertz CT molecular complexity index is 819. The third-order valence-electron chi connectivity index (χ3n) is 3.32. The number of rotatable bonds is 6. The van der Waals surface area contributed by atoms with Gasteiger partial charge in [0.2, 0.25) is 0 Å². The molecule has 0 aliphatic rings. The molecule has 24 heavy (non-hydrogen) atoms. The van der Waals surface area contributed by atoms with Crippen LogP contribution in [0.25, 0.3) is 10.8 Å². The van der Waals surface area contributed by atoms with Crippen LogP contribution in [0.2, 0.25) is 0 Å². The van der Waals surface area contributed by atoms with Gasteiger partial charge < -0.3 is 5.32 Å². The van der Waals surface area contributed by atoms with Crippen molar-refractivity contribution in [2.24, 2.45) is 0 Å². The average Bonchev–Trinajstić information content (AvgIpc) is 3.10. The number of pyridine rings is 1. The molecule has 1 amide bonds. The monoisotopic (exact) mass is 339 g/mol. The van der Waals surface area contributed by atoms with Crippen molar-refractivity contribution in [1.82, 2.24) is 25.3 Å². The van der Waals surface area contributed by atoms with Crippen molar-refractivity contribution in [3.8, 4) is 10.8 Å². The van der Waals surface area contributed by atoms with E-state index in [1.807, 2.05) is 11.4 Å². The second-order valence-electron chi connectivity index (χ2n) is 5.18. The first kappa shape index (κ1) is 16.2. The molecule has 0 saturated carbocycles. The number of hydrogen-bond donors (Lipinski definition) is 1. The minimum Gasteiger partial charge on any atom is -0.346 e. The van der Waals surface area contributed by atoms with Gasteiger partial charge in [-0.2, -0.15) is 0 Å².